The van der Waals surface area contributed by atoms with Gasteiger partial charge in [-0.2, -0.15) is 5.10 Å². The van der Waals surface area contributed by atoms with Gasteiger partial charge in [-0.15, -0.1) is 0 Å². The third-order valence-corrected chi connectivity index (χ3v) is 6.79. The van der Waals surface area contributed by atoms with Crippen molar-refractivity contribution in [2.45, 2.75) is 25.3 Å². The second-order valence-electron chi connectivity index (χ2n) is 10.2. The first-order valence-electron chi connectivity index (χ1n) is 12.9. The fourth-order valence-electron chi connectivity index (χ4n) is 4.57. The Morgan fingerprint density at radius 2 is 1.90 bits per heavy atom. The third-order valence-electron chi connectivity index (χ3n) is 6.79. The summed E-state index contributed by atoms with van der Waals surface area (Å²) in [4.78, 5) is 25.9. The predicted octanol–water partition coefficient (Wildman–Crippen LogP) is 4.48. The zero-order valence-corrected chi connectivity index (χ0v) is 22.0. The van der Waals surface area contributed by atoms with Crippen molar-refractivity contribution in [1.29, 1.82) is 0 Å². The van der Waals surface area contributed by atoms with Crippen molar-refractivity contribution in [3.8, 4) is 11.1 Å². The minimum atomic E-state index is -2.57. The van der Waals surface area contributed by atoms with Crippen molar-refractivity contribution in [2.24, 2.45) is 0 Å². The smallest absolute Gasteiger partial charge is 0.276 e. The number of amides is 1. The van der Waals surface area contributed by atoms with Crippen LogP contribution in [0.15, 0.2) is 55.0 Å². The van der Waals surface area contributed by atoms with Gasteiger partial charge in [-0.25, -0.2) is 13.8 Å². The number of rotatable bonds is 9. The van der Waals surface area contributed by atoms with Gasteiger partial charge >= 0.3 is 0 Å². The van der Waals surface area contributed by atoms with E-state index in [1.807, 2.05) is 49.3 Å². The molecule has 39 heavy (non-hydrogen) atoms. The standard InChI is InChI=1S/C28H32F2N8O/c1-37(2)12-9-32-25-6-4-22(17-33-25)34-27(39)26-23-14-20(3-5-24(23)35-36-26)21-13-19(15-31-16-21)18-38-10-7-28(29,30)8-11-38/h3-6,13-17H,7-12,18H2,1-2H3,(H,32,33)(H,34,39)(H,35,36). The molecule has 1 amide bonds. The fraction of sp³-hybridized carbons (Fsp3) is 0.357. The van der Waals surface area contributed by atoms with E-state index in [4.69, 9.17) is 0 Å². The number of carbonyl (C=O) groups is 1. The first-order valence-corrected chi connectivity index (χ1v) is 12.9. The number of carbonyl (C=O) groups excluding carboxylic acids is 1. The topological polar surface area (TPSA) is 102 Å². The number of nitrogens with zero attached hydrogens (tertiary/aromatic N) is 5. The summed E-state index contributed by atoms with van der Waals surface area (Å²) in [7, 11) is 4.01. The Kier molecular flexibility index (Phi) is 7.80. The molecule has 3 N–H and O–H groups in total. The van der Waals surface area contributed by atoms with Crippen LogP contribution in [0, 0.1) is 0 Å². The number of H-pyrrole nitrogens is 1. The molecule has 0 atom stereocenters. The molecule has 0 bridgehead atoms. The molecule has 1 aromatic carbocycles. The van der Waals surface area contributed by atoms with E-state index in [9.17, 15) is 13.6 Å². The number of fused-ring (bicyclic) bond motifs is 1. The highest BCUT2D eigenvalue weighted by Gasteiger charge is 2.33. The van der Waals surface area contributed by atoms with Gasteiger partial charge in [0.2, 0.25) is 0 Å². The number of benzene rings is 1. The van der Waals surface area contributed by atoms with Crippen molar-refractivity contribution in [2.75, 3.05) is 50.9 Å². The molecule has 9 nitrogen and oxygen atoms in total. The Morgan fingerprint density at radius 1 is 1.08 bits per heavy atom. The highest BCUT2D eigenvalue weighted by Crippen LogP contribution is 2.30. The van der Waals surface area contributed by atoms with Crippen LogP contribution in [0.3, 0.4) is 0 Å². The van der Waals surface area contributed by atoms with Gasteiger partial charge in [-0.3, -0.25) is 19.8 Å². The number of halogens is 2. The molecule has 0 aliphatic carbocycles. The number of aromatic nitrogens is 4. The second kappa shape index (κ2) is 11.4. The van der Waals surface area contributed by atoms with E-state index in [2.05, 4.69) is 35.7 Å². The monoisotopic (exact) mass is 534 g/mol. The van der Waals surface area contributed by atoms with Crippen LogP contribution in [0.4, 0.5) is 20.3 Å². The summed E-state index contributed by atoms with van der Waals surface area (Å²) < 4.78 is 27.0. The number of hydrogen-bond acceptors (Lipinski definition) is 7. The van der Waals surface area contributed by atoms with Crippen LogP contribution in [0.2, 0.25) is 0 Å². The summed E-state index contributed by atoms with van der Waals surface area (Å²) in [6, 6.07) is 11.4. The molecule has 4 aromatic rings. The van der Waals surface area contributed by atoms with Crippen molar-refractivity contribution in [3.63, 3.8) is 0 Å². The molecule has 1 fully saturated rings. The van der Waals surface area contributed by atoms with Crippen LogP contribution >= 0.6 is 0 Å². The van der Waals surface area contributed by atoms with Crippen molar-refractivity contribution in [3.05, 3.63) is 66.2 Å². The van der Waals surface area contributed by atoms with Gasteiger partial charge in [0.15, 0.2) is 5.69 Å². The number of pyridine rings is 2. The number of aromatic amines is 1. The highest BCUT2D eigenvalue weighted by molar-refractivity contribution is 6.11. The number of likely N-dealkylation sites (tertiary alicyclic amines) is 1. The van der Waals surface area contributed by atoms with E-state index in [0.29, 0.717) is 30.7 Å². The van der Waals surface area contributed by atoms with Gasteiger partial charge in [0.05, 0.1) is 17.4 Å². The summed E-state index contributed by atoms with van der Waals surface area (Å²) >= 11 is 0. The molecule has 4 heterocycles. The number of nitrogens with one attached hydrogen (secondary N) is 3. The Hall–Kier alpha value is -3.96. The molecular formula is C28H32F2N8O. The Labute approximate surface area is 225 Å². The van der Waals surface area contributed by atoms with Crippen LogP contribution < -0.4 is 10.6 Å². The lowest BCUT2D eigenvalue weighted by molar-refractivity contribution is -0.0566. The molecule has 5 rings (SSSR count). The predicted molar refractivity (Wildman–Crippen MR) is 148 cm³/mol. The van der Waals surface area contributed by atoms with E-state index in [1.165, 1.54) is 0 Å². The fourth-order valence-corrected chi connectivity index (χ4v) is 4.57. The number of hydrogen-bond donors (Lipinski definition) is 3. The maximum Gasteiger partial charge on any atom is 0.276 e. The number of anilines is 2. The van der Waals surface area contributed by atoms with E-state index < -0.39 is 5.92 Å². The Morgan fingerprint density at radius 3 is 2.64 bits per heavy atom. The molecule has 3 aromatic heterocycles. The number of likely N-dealkylation sites (N-methyl/N-ethyl adjacent to an activating group) is 1. The molecule has 0 spiro atoms. The second-order valence-corrected chi connectivity index (χ2v) is 10.2. The molecule has 0 unspecified atom stereocenters. The van der Waals surface area contributed by atoms with E-state index in [-0.39, 0.29) is 24.4 Å². The summed E-state index contributed by atoms with van der Waals surface area (Å²) in [5.74, 6) is -2.18. The van der Waals surface area contributed by atoms with E-state index in [1.54, 1.807) is 24.7 Å². The Balaban J connectivity index is 1.28. The molecular weight excluding hydrogens is 502 g/mol. The van der Waals surface area contributed by atoms with Gasteiger partial charge in [-0.1, -0.05) is 6.07 Å². The quantitative estimate of drug-likeness (QED) is 0.291. The summed E-state index contributed by atoms with van der Waals surface area (Å²) in [6.45, 7) is 2.94. The van der Waals surface area contributed by atoms with Crippen LogP contribution in [0.25, 0.3) is 22.0 Å². The molecule has 1 aliphatic rings. The van der Waals surface area contributed by atoms with Crippen molar-refractivity contribution in [1.82, 2.24) is 30.0 Å². The van der Waals surface area contributed by atoms with Crippen LogP contribution in [0.1, 0.15) is 28.9 Å². The zero-order valence-electron chi connectivity index (χ0n) is 22.0. The van der Waals surface area contributed by atoms with Crippen molar-refractivity contribution >= 4 is 28.3 Å². The molecule has 0 radical (unpaired) electrons. The Bertz CT molecular complexity index is 1430. The van der Waals surface area contributed by atoms with Crippen molar-refractivity contribution < 1.29 is 13.6 Å². The largest absolute Gasteiger partial charge is 0.369 e. The van der Waals surface area contributed by atoms with Gasteiger partial charge in [0.25, 0.3) is 11.8 Å². The third kappa shape index (κ3) is 6.73. The summed E-state index contributed by atoms with van der Waals surface area (Å²) in [5.41, 5.74) is 4.30. The zero-order chi connectivity index (χ0) is 27.4. The van der Waals surface area contributed by atoms with Crippen LogP contribution in [-0.4, -0.2) is 82.1 Å². The van der Waals surface area contributed by atoms with Gasteiger partial charge in [-0.05, 0) is 55.6 Å². The minimum absolute atomic E-state index is 0.115. The van der Waals surface area contributed by atoms with Crippen LogP contribution in [-0.2, 0) is 6.54 Å². The van der Waals surface area contributed by atoms with Gasteiger partial charge < -0.3 is 15.5 Å². The maximum absolute atomic E-state index is 13.5. The molecule has 11 heteroatoms. The number of alkyl halides is 2. The normalized spacial score (nSPS) is 15.5. The van der Waals surface area contributed by atoms with Crippen LogP contribution in [0.5, 0.6) is 0 Å². The average molecular weight is 535 g/mol. The molecule has 0 saturated carbocycles. The minimum Gasteiger partial charge on any atom is -0.369 e. The first kappa shape index (κ1) is 26.6. The molecule has 1 aliphatic heterocycles. The lowest BCUT2D eigenvalue weighted by Crippen LogP contribution is -2.38. The average Bonchev–Trinajstić information content (AvgIpc) is 3.34. The van der Waals surface area contributed by atoms with E-state index >= 15 is 0 Å². The number of piperidine rings is 1. The lowest BCUT2D eigenvalue weighted by Gasteiger charge is -2.31. The SMILES string of the molecule is CN(C)CCNc1ccc(NC(=O)c2n[nH]c3ccc(-c4cncc(CN5CCC(F)(F)CC5)c4)cc23)cn1. The molecule has 1 saturated heterocycles. The molecule has 204 valence electrons. The summed E-state index contributed by atoms with van der Waals surface area (Å²) in [5, 5.41) is 14.0. The maximum atomic E-state index is 13.5. The van der Waals surface area contributed by atoms with E-state index in [0.717, 1.165) is 41.1 Å². The van der Waals surface area contributed by atoms with Gasteiger partial charge in [0.1, 0.15) is 5.82 Å². The summed E-state index contributed by atoms with van der Waals surface area (Å²) in [6.07, 6.45) is 4.90. The lowest BCUT2D eigenvalue weighted by atomic mass is 10.0. The highest BCUT2D eigenvalue weighted by atomic mass is 19.3. The van der Waals surface area contributed by atoms with Gasteiger partial charge in [0, 0.05) is 68.9 Å². The first-order chi connectivity index (χ1) is 18.8.